The fourth-order valence-electron chi connectivity index (χ4n) is 2.05. The van der Waals surface area contributed by atoms with E-state index >= 15 is 0 Å². The predicted molar refractivity (Wildman–Crippen MR) is 68.9 cm³/mol. The minimum atomic E-state index is 0.297. The highest BCUT2D eigenvalue weighted by Crippen LogP contribution is 2.34. The first-order valence-electron chi connectivity index (χ1n) is 6.19. The molecular weight excluding hydrogens is 198 g/mol. The standard InChI is InChI=1S/C13H21N3/c1-3-7-15-11-8-12(10-14-9-11)16-13(2)5-4-6-13/h8-10,15-16H,3-7H2,1-2H3. The number of nitrogens with zero attached hydrogens (tertiary/aromatic N) is 1. The fraction of sp³-hybridized carbons (Fsp3) is 0.615. The summed E-state index contributed by atoms with van der Waals surface area (Å²) in [4.78, 5) is 4.26. The van der Waals surface area contributed by atoms with Gasteiger partial charge in [0.25, 0.3) is 0 Å². The molecule has 1 aromatic heterocycles. The van der Waals surface area contributed by atoms with Gasteiger partial charge in [0, 0.05) is 12.1 Å². The van der Waals surface area contributed by atoms with Crippen LogP contribution in [-0.2, 0) is 0 Å². The molecule has 1 heterocycles. The van der Waals surface area contributed by atoms with Crippen molar-refractivity contribution in [1.82, 2.24) is 4.98 Å². The van der Waals surface area contributed by atoms with E-state index in [-0.39, 0.29) is 0 Å². The van der Waals surface area contributed by atoms with Gasteiger partial charge in [-0.15, -0.1) is 0 Å². The molecule has 0 aromatic carbocycles. The molecule has 3 nitrogen and oxygen atoms in total. The van der Waals surface area contributed by atoms with E-state index in [1.165, 1.54) is 19.3 Å². The van der Waals surface area contributed by atoms with Crippen molar-refractivity contribution in [2.24, 2.45) is 0 Å². The highest BCUT2D eigenvalue weighted by atomic mass is 15.0. The molecule has 0 aliphatic heterocycles. The summed E-state index contributed by atoms with van der Waals surface area (Å²) in [5.41, 5.74) is 2.53. The summed E-state index contributed by atoms with van der Waals surface area (Å²) in [5, 5.41) is 6.92. The topological polar surface area (TPSA) is 37.0 Å². The summed E-state index contributed by atoms with van der Waals surface area (Å²) in [6, 6.07) is 2.15. The first-order chi connectivity index (χ1) is 7.72. The Bertz CT molecular complexity index is 345. The van der Waals surface area contributed by atoms with E-state index in [1.54, 1.807) is 0 Å². The van der Waals surface area contributed by atoms with Crippen molar-refractivity contribution >= 4 is 11.4 Å². The van der Waals surface area contributed by atoms with E-state index in [0.29, 0.717) is 5.54 Å². The Balaban J connectivity index is 1.98. The van der Waals surface area contributed by atoms with Crippen molar-refractivity contribution in [3.05, 3.63) is 18.5 Å². The molecule has 2 N–H and O–H groups in total. The maximum atomic E-state index is 4.26. The fourth-order valence-corrected chi connectivity index (χ4v) is 2.05. The Kier molecular flexibility index (Phi) is 3.32. The first-order valence-corrected chi connectivity index (χ1v) is 6.19. The molecule has 0 radical (unpaired) electrons. The van der Waals surface area contributed by atoms with E-state index in [9.17, 15) is 0 Å². The van der Waals surface area contributed by atoms with Gasteiger partial charge in [0.2, 0.25) is 0 Å². The van der Waals surface area contributed by atoms with Crippen LogP contribution in [0, 0.1) is 0 Å². The van der Waals surface area contributed by atoms with Gasteiger partial charge in [-0.2, -0.15) is 0 Å². The summed E-state index contributed by atoms with van der Waals surface area (Å²) in [6.07, 6.45) is 8.78. The lowest BCUT2D eigenvalue weighted by Crippen LogP contribution is -2.41. The molecule has 0 atom stereocenters. The molecule has 0 spiro atoms. The third-order valence-corrected chi connectivity index (χ3v) is 3.22. The van der Waals surface area contributed by atoms with Gasteiger partial charge in [0.05, 0.1) is 23.8 Å². The number of pyridine rings is 1. The van der Waals surface area contributed by atoms with Crippen LogP contribution in [0.4, 0.5) is 11.4 Å². The zero-order chi connectivity index (χ0) is 11.4. The third-order valence-electron chi connectivity index (χ3n) is 3.22. The number of rotatable bonds is 5. The smallest absolute Gasteiger partial charge is 0.0551 e. The molecule has 2 rings (SSSR count). The predicted octanol–water partition coefficient (Wildman–Crippen LogP) is 3.26. The van der Waals surface area contributed by atoms with Crippen LogP contribution in [0.25, 0.3) is 0 Å². The molecule has 1 aliphatic carbocycles. The van der Waals surface area contributed by atoms with Crippen LogP contribution in [0.3, 0.4) is 0 Å². The van der Waals surface area contributed by atoms with Gasteiger partial charge in [-0.1, -0.05) is 6.92 Å². The van der Waals surface area contributed by atoms with Gasteiger partial charge in [-0.25, -0.2) is 0 Å². The number of anilines is 2. The third kappa shape index (κ3) is 2.65. The molecule has 1 saturated carbocycles. The van der Waals surface area contributed by atoms with Gasteiger partial charge in [0.1, 0.15) is 0 Å². The zero-order valence-electron chi connectivity index (χ0n) is 10.2. The number of nitrogens with one attached hydrogen (secondary N) is 2. The van der Waals surface area contributed by atoms with E-state index < -0.39 is 0 Å². The Morgan fingerprint density at radius 1 is 1.31 bits per heavy atom. The highest BCUT2D eigenvalue weighted by Gasteiger charge is 2.31. The van der Waals surface area contributed by atoms with Crippen LogP contribution in [0.5, 0.6) is 0 Å². The summed E-state index contributed by atoms with van der Waals surface area (Å²) in [7, 11) is 0. The summed E-state index contributed by atoms with van der Waals surface area (Å²) in [5.74, 6) is 0. The molecule has 0 bridgehead atoms. The molecule has 1 fully saturated rings. The second-order valence-corrected chi connectivity index (χ2v) is 4.93. The lowest BCUT2D eigenvalue weighted by atomic mass is 9.78. The van der Waals surface area contributed by atoms with Gasteiger partial charge in [-0.05, 0) is 38.7 Å². The quantitative estimate of drug-likeness (QED) is 0.798. The lowest BCUT2D eigenvalue weighted by Gasteiger charge is -2.40. The molecule has 3 heteroatoms. The second kappa shape index (κ2) is 4.73. The Morgan fingerprint density at radius 3 is 2.69 bits per heavy atom. The molecular formula is C13H21N3. The SMILES string of the molecule is CCCNc1cncc(NC2(C)CCC2)c1. The van der Waals surface area contributed by atoms with Gasteiger partial charge >= 0.3 is 0 Å². The van der Waals surface area contributed by atoms with Crippen molar-refractivity contribution < 1.29 is 0 Å². The Hall–Kier alpha value is -1.25. The van der Waals surface area contributed by atoms with Gasteiger partial charge < -0.3 is 10.6 Å². The van der Waals surface area contributed by atoms with Crippen molar-refractivity contribution in [2.45, 2.75) is 45.1 Å². The monoisotopic (exact) mass is 219 g/mol. The number of hydrogen-bond donors (Lipinski definition) is 2. The summed E-state index contributed by atoms with van der Waals surface area (Å²) < 4.78 is 0. The van der Waals surface area contributed by atoms with Crippen LogP contribution in [0.15, 0.2) is 18.5 Å². The van der Waals surface area contributed by atoms with Crippen LogP contribution >= 0.6 is 0 Å². The average Bonchev–Trinajstić information content (AvgIpc) is 2.25. The van der Waals surface area contributed by atoms with Crippen molar-refractivity contribution in [1.29, 1.82) is 0 Å². The minimum Gasteiger partial charge on any atom is -0.384 e. The van der Waals surface area contributed by atoms with Crippen LogP contribution < -0.4 is 10.6 Å². The van der Waals surface area contributed by atoms with E-state index in [4.69, 9.17) is 0 Å². The van der Waals surface area contributed by atoms with Crippen LogP contribution in [0.2, 0.25) is 0 Å². The molecule has 1 aliphatic rings. The number of hydrogen-bond acceptors (Lipinski definition) is 3. The first kappa shape index (κ1) is 11.2. The van der Waals surface area contributed by atoms with Gasteiger partial charge in [-0.3, -0.25) is 4.98 Å². The summed E-state index contributed by atoms with van der Waals surface area (Å²) in [6.45, 7) is 5.45. The molecule has 0 unspecified atom stereocenters. The average molecular weight is 219 g/mol. The second-order valence-electron chi connectivity index (χ2n) is 4.93. The van der Waals surface area contributed by atoms with Gasteiger partial charge in [0.15, 0.2) is 0 Å². The molecule has 0 amide bonds. The van der Waals surface area contributed by atoms with Crippen LogP contribution in [0.1, 0.15) is 39.5 Å². The molecule has 0 saturated heterocycles. The normalized spacial score (nSPS) is 17.6. The minimum absolute atomic E-state index is 0.297. The van der Waals surface area contributed by atoms with E-state index in [2.05, 4.69) is 35.5 Å². The zero-order valence-corrected chi connectivity index (χ0v) is 10.2. The largest absolute Gasteiger partial charge is 0.384 e. The van der Waals surface area contributed by atoms with Crippen LogP contribution in [-0.4, -0.2) is 17.1 Å². The van der Waals surface area contributed by atoms with Crippen molar-refractivity contribution in [2.75, 3.05) is 17.2 Å². The molecule has 1 aromatic rings. The Morgan fingerprint density at radius 2 is 2.06 bits per heavy atom. The highest BCUT2D eigenvalue weighted by molar-refractivity contribution is 5.55. The summed E-state index contributed by atoms with van der Waals surface area (Å²) >= 11 is 0. The van der Waals surface area contributed by atoms with Crippen molar-refractivity contribution in [3.8, 4) is 0 Å². The van der Waals surface area contributed by atoms with E-state index in [1.807, 2.05) is 12.4 Å². The van der Waals surface area contributed by atoms with Crippen molar-refractivity contribution in [3.63, 3.8) is 0 Å². The maximum Gasteiger partial charge on any atom is 0.0551 e. The Labute approximate surface area is 97.7 Å². The molecule has 16 heavy (non-hydrogen) atoms. The number of aromatic nitrogens is 1. The maximum absolute atomic E-state index is 4.26. The van der Waals surface area contributed by atoms with E-state index in [0.717, 1.165) is 24.3 Å². The molecule has 88 valence electrons. The lowest BCUT2D eigenvalue weighted by molar-refractivity contribution is 0.306.